The van der Waals surface area contributed by atoms with Crippen molar-refractivity contribution >= 4 is 45.2 Å². The number of carbonyl (C=O) groups is 4. The molecule has 2 heterocycles. The van der Waals surface area contributed by atoms with Crippen molar-refractivity contribution in [2.45, 2.75) is 0 Å². The lowest BCUT2D eigenvalue weighted by atomic mass is 9.94. The van der Waals surface area contributed by atoms with Crippen LogP contribution < -0.4 is 37.6 Å². The molecule has 0 saturated carbocycles. The molecule has 4 aromatic carbocycles. The number of carboxylic acids is 3. The van der Waals surface area contributed by atoms with E-state index in [0.29, 0.717) is 9.13 Å². The van der Waals surface area contributed by atoms with Crippen LogP contribution in [0.4, 0.5) is 0 Å². The average Bonchev–Trinajstić information content (AvgIpc) is 3.43. The number of fused-ring (bicyclic) bond motifs is 2. The van der Waals surface area contributed by atoms with E-state index in [0.717, 1.165) is 54.6 Å². The Morgan fingerprint density at radius 2 is 0.889 bits per heavy atom. The Morgan fingerprint density at radius 1 is 0.489 bits per heavy atom. The van der Waals surface area contributed by atoms with Crippen molar-refractivity contribution in [2.75, 3.05) is 0 Å². The van der Waals surface area contributed by atoms with Crippen LogP contribution in [0.1, 0.15) is 47.0 Å². The maximum absolute atomic E-state index is 14.1. The van der Waals surface area contributed by atoms with Gasteiger partial charge in [-0.2, -0.15) is 0 Å². The fourth-order valence-corrected chi connectivity index (χ4v) is 5.36. The van der Waals surface area contributed by atoms with Crippen molar-refractivity contribution in [1.29, 1.82) is 0 Å². The molecule has 13 nitrogen and oxygen atoms in total. The Hall–Kier alpha value is -6.76. The van der Waals surface area contributed by atoms with Gasteiger partial charge in [0.2, 0.25) is 0 Å². The predicted molar refractivity (Wildman–Crippen MR) is 150 cm³/mol. The molecule has 0 saturated heterocycles. The maximum atomic E-state index is 14.1. The fourth-order valence-electron chi connectivity index (χ4n) is 5.36. The van der Waals surface area contributed by atoms with Gasteiger partial charge in [-0.3, -0.25) is 24.0 Å². The summed E-state index contributed by atoms with van der Waals surface area (Å²) in [5.74, 6) is -6.06. The lowest BCUT2D eigenvalue weighted by molar-refractivity contribution is -0.256. The lowest BCUT2D eigenvalue weighted by Crippen LogP contribution is -2.30. The minimum Gasteiger partial charge on any atom is -0.545 e. The van der Waals surface area contributed by atoms with Crippen LogP contribution in [0.15, 0.2) is 98.0 Å². The summed E-state index contributed by atoms with van der Waals surface area (Å²) in [4.78, 5) is 104. The molecule has 0 aliphatic rings. The van der Waals surface area contributed by atoms with E-state index in [9.17, 15) is 53.7 Å². The van der Waals surface area contributed by atoms with Gasteiger partial charge >= 0.3 is 0 Å². The molecule has 6 aromatic rings. The van der Waals surface area contributed by atoms with Crippen LogP contribution in [0.5, 0.6) is 0 Å². The molecule has 6 rings (SSSR count). The summed E-state index contributed by atoms with van der Waals surface area (Å²) < 4.78 is 0.943. The Kier molecular flexibility index (Phi) is 6.43. The number of carbonyl (C=O) groups excluding carboxylic acids is 4. The van der Waals surface area contributed by atoms with Gasteiger partial charge in [-0.05, 0) is 23.8 Å². The van der Waals surface area contributed by atoms with Crippen LogP contribution in [-0.2, 0) is 0 Å². The predicted octanol–water partition coefficient (Wildman–Crippen LogP) is -1.79. The Bertz CT molecular complexity index is 2370. The molecular formula is C32H13N2O11-3. The highest BCUT2D eigenvalue weighted by Gasteiger charge is 2.30. The largest absolute Gasteiger partial charge is 0.545 e. The van der Waals surface area contributed by atoms with E-state index in [-0.39, 0.29) is 11.1 Å². The van der Waals surface area contributed by atoms with E-state index in [1.165, 1.54) is 24.3 Å². The molecule has 0 N–H and O–H groups in total. The molecule has 0 radical (unpaired) electrons. The number of rotatable bonds is 7. The summed E-state index contributed by atoms with van der Waals surface area (Å²) in [6.45, 7) is 0. The third-order valence-electron chi connectivity index (χ3n) is 7.37. The average molecular weight is 601 g/mol. The van der Waals surface area contributed by atoms with E-state index in [2.05, 4.69) is 0 Å². The van der Waals surface area contributed by atoms with Crippen LogP contribution in [-0.4, -0.2) is 32.8 Å². The molecule has 0 atom stereocenters. The second kappa shape index (κ2) is 10.2. The number of hydrogen-bond donors (Lipinski definition) is 0. The third-order valence-corrected chi connectivity index (χ3v) is 7.37. The van der Waals surface area contributed by atoms with Crippen molar-refractivity contribution < 1.29 is 34.5 Å². The third kappa shape index (κ3) is 4.18. The minimum atomic E-state index is -1.72. The molecule has 45 heavy (non-hydrogen) atoms. The minimum absolute atomic E-state index is 0.252. The van der Waals surface area contributed by atoms with Crippen LogP contribution in [0, 0.1) is 0 Å². The van der Waals surface area contributed by atoms with Crippen molar-refractivity contribution in [3.8, 4) is 11.4 Å². The Labute approximate surface area is 248 Å². The van der Waals surface area contributed by atoms with Crippen molar-refractivity contribution in [3.63, 3.8) is 0 Å². The van der Waals surface area contributed by atoms with E-state index in [1.54, 1.807) is 0 Å². The SMILES string of the molecule is O=C([O-])c1ccc(C(=O)c2c3c(=O)n(-c4ccccc4C(=O)[O-])c(=O)c3cc3c(=O)n(-c4ccccc4C(=O)[O-])c(=O)c23)cc1. The van der Waals surface area contributed by atoms with Crippen molar-refractivity contribution in [2.24, 2.45) is 0 Å². The standard InChI is InChI=1S/C32H16N2O11/c35-25(14-9-11-15(12-10-14)30(40)41)24-22-18(26(36)33(28(22)38)20-7-3-1-5-16(20)31(42)43)13-19-23(24)29(39)34(27(19)37)21-8-4-2-6-17(21)32(44)45/h1-13H,(H,40,41)(H,42,43)(H,44,45)/p-3. The van der Waals surface area contributed by atoms with Gasteiger partial charge in [0.25, 0.3) is 22.2 Å². The summed E-state index contributed by atoms with van der Waals surface area (Å²) in [5.41, 5.74) is -7.79. The molecule has 13 heteroatoms. The Balaban J connectivity index is 1.79. The number of carboxylic acid groups (broad SMARTS) is 3. The number of nitrogens with zero attached hydrogens (tertiary/aromatic N) is 2. The maximum Gasteiger partial charge on any atom is 0.266 e. The fraction of sp³-hybridized carbons (Fsp3) is 0. The molecule has 0 spiro atoms. The number of aromatic nitrogens is 2. The molecule has 0 unspecified atom stereocenters. The lowest BCUT2D eigenvalue weighted by Gasteiger charge is -2.09. The van der Waals surface area contributed by atoms with Crippen molar-refractivity contribution in [3.05, 3.63) is 148 Å². The number of aromatic carboxylic acids is 3. The van der Waals surface area contributed by atoms with Gasteiger partial charge in [0.15, 0.2) is 5.78 Å². The highest BCUT2D eigenvalue weighted by molar-refractivity contribution is 6.24. The normalized spacial score (nSPS) is 11.2. The molecule has 0 fully saturated rings. The number of ketones is 1. The van der Waals surface area contributed by atoms with Crippen LogP contribution in [0.25, 0.3) is 32.9 Å². The summed E-state index contributed by atoms with van der Waals surface area (Å²) >= 11 is 0. The van der Waals surface area contributed by atoms with Crippen LogP contribution >= 0.6 is 0 Å². The second-order valence-electron chi connectivity index (χ2n) is 9.79. The molecule has 0 amide bonds. The molecular weight excluding hydrogens is 588 g/mol. The molecule has 0 bridgehead atoms. The highest BCUT2D eigenvalue weighted by Crippen LogP contribution is 2.27. The molecule has 0 aliphatic carbocycles. The van der Waals surface area contributed by atoms with Gasteiger partial charge in [-0.1, -0.05) is 60.7 Å². The first-order chi connectivity index (χ1) is 21.4. The number of hydrogen-bond acceptors (Lipinski definition) is 11. The van der Waals surface area contributed by atoms with Gasteiger partial charge in [-0.15, -0.1) is 0 Å². The van der Waals surface area contributed by atoms with E-state index >= 15 is 0 Å². The molecule has 0 aliphatic heterocycles. The summed E-state index contributed by atoms with van der Waals surface area (Å²) in [5, 5.41) is 32.5. The topological polar surface area (TPSA) is 216 Å². The smallest absolute Gasteiger partial charge is 0.266 e. The van der Waals surface area contributed by atoms with Gasteiger partial charge < -0.3 is 29.7 Å². The van der Waals surface area contributed by atoms with Gasteiger partial charge in [0, 0.05) is 22.3 Å². The molecule has 220 valence electrons. The first-order valence-corrected chi connectivity index (χ1v) is 12.9. The first kappa shape index (κ1) is 28.4. The zero-order valence-corrected chi connectivity index (χ0v) is 22.4. The van der Waals surface area contributed by atoms with Gasteiger partial charge in [-0.25, -0.2) is 9.13 Å². The zero-order chi connectivity index (χ0) is 32.3. The highest BCUT2D eigenvalue weighted by atomic mass is 16.4. The summed E-state index contributed by atoms with van der Waals surface area (Å²) in [7, 11) is 0. The van der Waals surface area contributed by atoms with Crippen LogP contribution in [0.2, 0.25) is 0 Å². The van der Waals surface area contributed by atoms with E-state index in [4.69, 9.17) is 0 Å². The van der Waals surface area contributed by atoms with E-state index in [1.807, 2.05) is 0 Å². The molecule has 2 aromatic heterocycles. The second-order valence-corrected chi connectivity index (χ2v) is 9.79. The monoisotopic (exact) mass is 601 g/mol. The summed E-state index contributed by atoms with van der Waals surface area (Å²) in [6, 6.07) is 14.9. The Morgan fingerprint density at radius 3 is 1.29 bits per heavy atom. The van der Waals surface area contributed by atoms with Gasteiger partial charge in [0.1, 0.15) is 0 Å². The number of para-hydroxylation sites is 2. The van der Waals surface area contributed by atoms with E-state index < -0.39 is 95.5 Å². The number of benzene rings is 4. The summed E-state index contributed by atoms with van der Waals surface area (Å²) in [6.07, 6.45) is 0. The zero-order valence-electron chi connectivity index (χ0n) is 22.4. The van der Waals surface area contributed by atoms with Crippen molar-refractivity contribution in [1.82, 2.24) is 9.13 Å². The quantitative estimate of drug-likeness (QED) is 0.186. The van der Waals surface area contributed by atoms with Crippen LogP contribution in [0.3, 0.4) is 0 Å². The first-order valence-electron chi connectivity index (χ1n) is 12.9. The van der Waals surface area contributed by atoms with Gasteiger partial charge in [0.05, 0.1) is 50.8 Å².